The molecule has 150 valence electrons. The van der Waals surface area contributed by atoms with Crippen molar-refractivity contribution in [2.45, 2.75) is 6.18 Å². The van der Waals surface area contributed by atoms with Gasteiger partial charge in [-0.15, -0.1) is 0 Å². The first-order valence-corrected chi connectivity index (χ1v) is 8.34. The van der Waals surface area contributed by atoms with E-state index in [1.165, 1.54) is 18.5 Å². The van der Waals surface area contributed by atoms with E-state index in [0.717, 1.165) is 18.5 Å². The number of benzene rings is 1. The number of nitrogens with two attached hydrogens (primary N) is 1. The maximum absolute atomic E-state index is 13.0. The van der Waals surface area contributed by atoms with Crippen molar-refractivity contribution in [3.05, 3.63) is 65.2 Å². The van der Waals surface area contributed by atoms with Crippen LogP contribution in [-0.4, -0.2) is 20.9 Å². The minimum absolute atomic E-state index is 0.0255. The van der Waals surface area contributed by atoms with E-state index in [2.05, 4.69) is 31.1 Å². The first-order chi connectivity index (χ1) is 13.8. The topological polar surface area (TPSA) is 118 Å². The predicted molar refractivity (Wildman–Crippen MR) is 102 cm³/mol. The number of pyridine rings is 1. The van der Waals surface area contributed by atoms with E-state index in [4.69, 9.17) is 17.3 Å². The van der Waals surface area contributed by atoms with Gasteiger partial charge in [0.2, 0.25) is 0 Å². The highest BCUT2D eigenvalue weighted by atomic mass is 35.5. The van der Waals surface area contributed by atoms with Crippen LogP contribution < -0.4 is 21.9 Å². The molecule has 0 atom stereocenters. The Kier molecular flexibility index (Phi) is 5.69. The van der Waals surface area contributed by atoms with Crippen LogP contribution in [0.15, 0.2) is 49.1 Å². The molecule has 29 heavy (non-hydrogen) atoms. The van der Waals surface area contributed by atoms with Crippen LogP contribution in [0.5, 0.6) is 0 Å². The predicted octanol–water partition coefficient (Wildman–Crippen LogP) is 3.63. The number of nitrogen functional groups attached to an aromatic ring is 1. The summed E-state index contributed by atoms with van der Waals surface area (Å²) in [5.74, 6) is -0.406. The molecule has 2 aromatic heterocycles. The first-order valence-electron chi connectivity index (χ1n) is 7.96. The lowest BCUT2D eigenvalue weighted by molar-refractivity contribution is -0.137. The van der Waals surface area contributed by atoms with Crippen molar-refractivity contribution in [3.8, 4) is 0 Å². The summed E-state index contributed by atoms with van der Waals surface area (Å²) in [7, 11) is 0. The number of hydrogen-bond acceptors (Lipinski definition) is 7. The summed E-state index contributed by atoms with van der Waals surface area (Å²) < 4.78 is 39.0. The van der Waals surface area contributed by atoms with Crippen LogP contribution in [0.25, 0.3) is 0 Å². The molecule has 2 heterocycles. The molecule has 0 saturated carbocycles. The molecule has 1 amide bonds. The molecular formula is C17H13ClF3N7O. The van der Waals surface area contributed by atoms with Crippen LogP contribution in [-0.2, 0) is 6.18 Å². The van der Waals surface area contributed by atoms with Crippen molar-refractivity contribution in [1.29, 1.82) is 0 Å². The second-order valence-corrected chi connectivity index (χ2v) is 6.03. The Morgan fingerprint density at radius 3 is 2.59 bits per heavy atom. The van der Waals surface area contributed by atoms with Gasteiger partial charge in [-0.3, -0.25) is 20.6 Å². The van der Waals surface area contributed by atoms with Crippen LogP contribution in [0.3, 0.4) is 0 Å². The van der Waals surface area contributed by atoms with E-state index >= 15 is 0 Å². The van der Waals surface area contributed by atoms with Crippen molar-refractivity contribution in [2.24, 2.45) is 0 Å². The summed E-state index contributed by atoms with van der Waals surface area (Å²) in [6.45, 7) is 0. The van der Waals surface area contributed by atoms with Gasteiger partial charge in [-0.1, -0.05) is 11.6 Å². The molecule has 0 fully saturated rings. The van der Waals surface area contributed by atoms with Gasteiger partial charge in [0.15, 0.2) is 11.6 Å². The lowest BCUT2D eigenvalue weighted by Crippen LogP contribution is -2.30. The number of aromatic nitrogens is 3. The molecule has 0 bridgehead atoms. The SMILES string of the molecule is Nc1c(NNC(=O)c2cccnc2)ncnc1Nc1ccc(Cl)c(C(F)(F)F)c1. The van der Waals surface area contributed by atoms with Gasteiger partial charge in [0.1, 0.15) is 12.0 Å². The fourth-order valence-electron chi connectivity index (χ4n) is 2.24. The third kappa shape index (κ3) is 4.82. The highest BCUT2D eigenvalue weighted by Crippen LogP contribution is 2.37. The zero-order chi connectivity index (χ0) is 21.0. The van der Waals surface area contributed by atoms with Crippen molar-refractivity contribution >= 4 is 40.5 Å². The number of amides is 1. The molecule has 0 radical (unpaired) electrons. The molecule has 0 saturated heterocycles. The molecule has 0 aliphatic carbocycles. The number of hydrazine groups is 1. The largest absolute Gasteiger partial charge is 0.417 e. The summed E-state index contributed by atoms with van der Waals surface area (Å²) in [6.07, 6.45) is -0.606. The molecule has 5 N–H and O–H groups in total. The van der Waals surface area contributed by atoms with E-state index < -0.39 is 22.7 Å². The zero-order valence-electron chi connectivity index (χ0n) is 14.5. The average Bonchev–Trinajstić information content (AvgIpc) is 2.69. The second kappa shape index (κ2) is 8.19. The van der Waals surface area contributed by atoms with Gasteiger partial charge in [-0.25, -0.2) is 9.97 Å². The van der Waals surface area contributed by atoms with Gasteiger partial charge in [0.05, 0.1) is 16.1 Å². The second-order valence-electron chi connectivity index (χ2n) is 5.62. The van der Waals surface area contributed by atoms with Crippen LogP contribution in [0, 0.1) is 0 Å². The maximum atomic E-state index is 13.0. The fourth-order valence-corrected chi connectivity index (χ4v) is 2.46. The molecular weight excluding hydrogens is 411 g/mol. The number of rotatable bonds is 5. The monoisotopic (exact) mass is 423 g/mol. The number of halogens is 4. The summed E-state index contributed by atoms with van der Waals surface area (Å²) in [5, 5.41) is 2.24. The van der Waals surface area contributed by atoms with Crippen molar-refractivity contribution in [3.63, 3.8) is 0 Å². The summed E-state index contributed by atoms with van der Waals surface area (Å²) in [6, 6.07) is 6.44. The minimum Gasteiger partial charge on any atom is -0.393 e. The molecule has 0 aliphatic heterocycles. The van der Waals surface area contributed by atoms with Crippen molar-refractivity contribution in [2.75, 3.05) is 16.5 Å². The van der Waals surface area contributed by atoms with E-state index in [9.17, 15) is 18.0 Å². The van der Waals surface area contributed by atoms with Crippen molar-refractivity contribution in [1.82, 2.24) is 20.4 Å². The lowest BCUT2D eigenvalue weighted by atomic mass is 10.2. The standard InChI is InChI=1S/C17H13ClF3N7O/c18-12-4-3-10(6-11(12)17(19,20)21)26-14-13(22)15(25-8-24-14)27-28-16(29)9-2-1-5-23-7-9/h1-8H,22H2,(H,28,29)(H2,24,25,26,27). The van der Waals surface area contributed by atoms with E-state index in [0.29, 0.717) is 5.56 Å². The number of hydrogen-bond donors (Lipinski definition) is 4. The Morgan fingerprint density at radius 2 is 1.90 bits per heavy atom. The van der Waals surface area contributed by atoms with Crippen molar-refractivity contribution < 1.29 is 18.0 Å². The molecule has 8 nitrogen and oxygen atoms in total. The Bertz CT molecular complexity index is 1030. The summed E-state index contributed by atoms with van der Waals surface area (Å²) >= 11 is 5.61. The number of carbonyl (C=O) groups excluding carboxylic acids is 1. The normalized spacial score (nSPS) is 11.0. The molecule has 1 aromatic carbocycles. The van der Waals surface area contributed by atoms with E-state index in [1.54, 1.807) is 12.1 Å². The minimum atomic E-state index is -4.62. The quantitative estimate of drug-likeness (QED) is 0.463. The van der Waals surface area contributed by atoms with E-state index in [1.807, 2.05) is 0 Å². The lowest BCUT2D eigenvalue weighted by Gasteiger charge is -2.15. The number of nitrogens with zero attached hydrogens (tertiary/aromatic N) is 3. The smallest absolute Gasteiger partial charge is 0.393 e. The summed E-state index contributed by atoms with van der Waals surface area (Å²) in [4.78, 5) is 23.7. The van der Waals surface area contributed by atoms with Gasteiger partial charge in [-0.2, -0.15) is 13.2 Å². The number of nitrogens with one attached hydrogen (secondary N) is 3. The van der Waals surface area contributed by atoms with Crippen LogP contribution in [0.2, 0.25) is 5.02 Å². The molecule has 12 heteroatoms. The third-order valence-corrected chi connectivity index (χ3v) is 3.97. The Balaban J connectivity index is 1.76. The fraction of sp³-hybridized carbons (Fsp3) is 0.0588. The van der Waals surface area contributed by atoms with Crippen LogP contribution in [0.4, 0.5) is 36.2 Å². The number of carbonyl (C=O) groups is 1. The highest BCUT2D eigenvalue weighted by molar-refractivity contribution is 6.31. The molecule has 0 unspecified atom stereocenters. The van der Waals surface area contributed by atoms with Gasteiger partial charge in [0.25, 0.3) is 5.91 Å². The van der Waals surface area contributed by atoms with Gasteiger partial charge < -0.3 is 11.1 Å². The third-order valence-electron chi connectivity index (χ3n) is 3.64. The molecule has 0 spiro atoms. The number of anilines is 4. The van der Waals surface area contributed by atoms with Gasteiger partial charge in [-0.05, 0) is 30.3 Å². The first kappa shape index (κ1) is 20.1. The van der Waals surface area contributed by atoms with E-state index in [-0.39, 0.29) is 23.0 Å². The average molecular weight is 424 g/mol. The Morgan fingerprint density at radius 1 is 1.14 bits per heavy atom. The molecule has 3 rings (SSSR count). The number of alkyl halides is 3. The zero-order valence-corrected chi connectivity index (χ0v) is 15.2. The van der Waals surface area contributed by atoms with Crippen LogP contribution in [0.1, 0.15) is 15.9 Å². The highest BCUT2D eigenvalue weighted by Gasteiger charge is 2.33. The molecule has 3 aromatic rings. The maximum Gasteiger partial charge on any atom is 0.417 e. The van der Waals surface area contributed by atoms with Gasteiger partial charge >= 0.3 is 6.18 Å². The van der Waals surface area contributed by atoms with Gasteiger partial charge in [0, 0.05) is 18.1 Å². The molecule has 0 aliphatic rings. The Hall–Kier alpha value is -3.60. The summed E-state index contributed by atoms with van der Waals surface area (Å²) in [5.41, 5.74) is 10.2. The Labute approximate surface area is 167 Å². The van der Waals surface area contributed by atoms with Crippen LogP contribution >= 0.6 is 11.6 Å².